The van der Waals surface area contributed by atoms with Crippen LogP contribution in [0, 0.1) is 0 Å². The van der Waals surface area contributed by atoms with Gasteiger partial charge in [-0.3, -0.25) is 20.4 Å². The Labute approximate surface area is 195 Å². The van der Waals surface area contributed by atoms with Crippen molar-refractivity contribution in [2.45, 2.75) is 19.6 Å². The van der Waals surface area contributed by atoms with Crippen LogP contribution in [0.5, 0.6) is 11.5 Å². The summed E-state index contributed by atoms with van der Waals surface area (Å²) in [7, 11) is 0. The van der Waals surface area contributed by atoms with E-state index >= 15 is 0 Å². The summed E-state index contributed by atoms with van der Waals surface area (Å²) in [6.45, 7) is 1.97. The van der Waals surface area contributed by atoms with E-state index in [-0.39, 0.29) is 5.56 Å². The van der Waals surface area contributed by atoms with Gasteiger partial charge in [-0.05, 0) is 48.9 Å². The van der Waals surface area contributed by atoms with Gasteiger partial charge in [0.25, 0.3) is 11.8 Å². The normalized spacial score (nSPS) is 11.4. The first-order chi connectivity index (χ1) is 16.5. The average Bonchev–Trinajstić information content (AvgIpc) is 2.86. The van der Waals surface area contributed by atoms with Crippen molar-refractivity contribution >= 4 is 22.8 Å². The summed E-state index contributed by atoms with van der Waals surface area (Å²) < 4.78 is 16.5. The lowest BCUT2D eigenvalue weighted by atomic mass is 10.2. The van der Waals surface area contributed by atoms with Gasteiger partial charge in [0.05, 0.1) is 0 Å². The molecule has 0 bridgehead atoms. The summed E-state index contributed by atoms with van der Waals surface area (Å²) in [5, 5.41) is 0.589. The molecule has 1 atom stereocenters. The molecule has 34 heavy (non-hydrogen) atoms. The van der Waals surface area contributed by atoms with Gasteiger partial charge in [0.15, 0.2) is 6.10 Å². The highest BCUT2D eigenvalue weighted by Crippen LogP contribution is 2.20. The number of carbonyl (C=O) groups is 2. The van der Waals surface area contributed by atoms with E-state index in [1.165, 1.54) is 13.0 Å². The van der Waals surface area contributed by atoms with E-state index in [1.54, 1.807) is 48.5 Å². The van der Waals surface area contributed by atoms with Crippen molar-refractivity contribution in [2.75, 3.05) is 0 Å². The smallest absolute Gasteiger partial charge is 0.349 e. The van der Waals surface area contributed by atoms with Gasteiger partial charge in [-0.2, -0.15) is 0 Å². The minimum absolute atomic E-state index is 0.223. The maximum Gasteiger partial charge on any atom is 0.349 e. The van der Waals surface area contributed by atoms with E-state index in [2.05, 4.69) is 10.9 Å². The average molecular weight is 458 g/mol. The Morgan fingerprint density at radius 1 is 0.882 bits per heavy atom. The Hall–Kier alpha value is -4.59. The zero-order chi connectivity index (χ0) is 23.9. The lowest BCUT2D eigenvalue weighted by Crippen LogP contribution is -2.48. The predicted octanol–water partition coefficient (Wildman–Crippen LogP) is 3.60. The van der Waals surface area contributed by atoms with E-state index in [0.717, 1.165) is 5.56 Å². The van der Waals surface area contributed by atoms with Crippen LogP contribution in [-0.2, 0) is 11.4 Å². The molecule has 0 saturated carbocycles. The fourth-order valence-corrected chi connectivity index (χ4v) is 3.12. The van der Waals surface area contributed by atoms with Crippen LogP contribution in [0.15, 0.2) is 94.1 Å². The third-order valence-corrected chi connectivity index (χ3v) is 4.94. The second kappa shape index (κ2) is 10.4. The summed E-state index contributed by atoms with van der Waals surface area (Å²) in [6.07, 6.45) is -0.913. The Balaban J connectivity index is 1.28. The van der Waals surface area contributed by atoms with Crippen LogP contribution in [0.4, 0.5) is 0 Å². The van der Waals surface area contributed by atoms with Crippen LogP contribution in [0.25, 0.3) is 11.0 Å². The molecular formula is C26H22N2O6. The molecule has 1 heterocycles. The second-order valence-electron chi connectivity index (χ2n) is 7.43. The largest absolute Gasteiger partial charge is 0.489 e. The fourth-order valence-electron chi connectivity index (χ4n) is 3.12. The quantitative estimate of drug-likeness (QED) is 0.324. The number of nitrogens with one attached hydrogen (secondary N) is 2. The minimum Gasteiger partial charge on any atom is -0.489 e. The van der Waals surface area contributed by atoms with E-state index < -0.39 is 23.5 Å². The number of hydrogen-bond donors (Lipinski definition) is 2. The van der Waals surface area contributed by atoms with Crippen LogP contribution in [0.3, 0.4) is 0 Å². The molecule has 4 rings (SSSR count). The SMILES string of the molecule is C[C@@H](Oc1ccc(OCc2ccccc2)cc1)C(=O)NNC(=O)c1cc2ccccc2oc1=O. The molecule has 8 nitrogen and oxygen atoms in total. The van der Waals surface area contributed by atoms with Crippen molar-refractivity contribution in [3.05, 3.63) is 106 Å². The van der Waals surface area contributed by atoms with Gasteiger partial charge in [-0.15, -0.1) is 0 Å². The van der Waals surface area contributed by atoms with E-state index in [0.29, 0.717) is 29.1 Å². The first-order valence-electron chi connectivity index (χ1n) is 10.6. The zero-order valence-electron chi connectivity index (χ0n) is 18.3. The molecule has 0 fully saturated rings. The van der Waals surface area contributed by atoms with Crippen molar-refractivity contribution in [3.63, 3.8) is 0 Å². The molecule has 0 aliphatic rings. The van der Waals surface area contributed by atoms with Crippen LogP contribution < -0.4 is 26.0 Å². The molecule has 1 aromatic heterocycles. The predicted molar refractivity (Wildman–Crippen MR) is 125 cm³/mol. The first kappa shape index (κ1) is 22.6. The summed E-state index contributed by atoms with van der Waals surface area (Å²) >= 11 is 0. The number of para-hydroxylation sites is 1. The van der Waals surface area contributed by atoms with Crippen LogP contribution in [-0.4, -0.2) is 17.9 Å². The standard InChI is InChI=1S/C26H22N2O6/c1-17(33-21-13-11-20(12-14-21)32-16-18-7-3-2-4-8-18)24(29)27-28-25(30)22-15-19-9-5-6-10-23(19)34-26(22)31/h2-15,17H,16H2,1H3,(H,27,29)(H,28,30)/t17-/m1/s1. The molecule has 0 aliphatic heterocycles. The molecule has 2 amide bonds. The molecule has 0 aliphatic carbocycles. The van der Waals surface area contributed by atoms with Gasteiger partial charge in [-0.25, -0.2) is 4.79 Å². The maximum absolute atomic E-state index is 12.4. The summed E-state index contributed by atoms with van der Waals surface area (Å²) in [6, 6.07) is 24.9. The molecule has 3 aromatic carbocycles. The third kappa shape index (κ3) is 5.60. The highest BCUT2D eigenvalue weighted by atomic mass is 16.5. The summed E-state index contributed by atoms with van der Waals surface area (Å²) in [4.78, 5) is 36.8. The molecule has 8 heteroatoms. The number of carbonyl (C=O) groups excluding carboxylic acids is 2. The summed E-state index contributed by atoms with van der Waals surface area (Å²) in [5.41, 5.74) is 4.87. The number of hydrogen-bond acceptors (Lipinski definition) is 6. The van der Waals surface area contributed by atoms with Crippen LogP contribution in [0.2, 0.25) is 0 Å². The Morgan fingerprint density at radius 2 is 1.56 bits per heavy atom. The highest BCUT2D eigenvalue weighted by Gasteiger charge is 2.18. The Bertz CT molecular complexity index is 1350. The van der Waals surface area contributed by atoms with Gasteiger partial charge in [-0.1, -0.05) is 48.5 Å². The van der Waals surface area contributed by atoms with Gasteiger partial charge in [0.1, 0.15) is 29.3 Å². The molecule has 4 aromatic rings. The molecule has 0 radical (unpaired) electrons. The number of amides is 2. The topological polar surface area (TPSA) is 107 Å². The second-order valence-corrected chi connectivity index (χ2v) is 7.43. The van der Waals surface area contributed by atoms with Crippen molar-refractivity contribution in [1.29, 1.82) is 0 Å². The minimum atomic E-state index is -0.913. The molecule has 2 N–H and O–H groups in total. The van der Waals surface area contributed by atoms with Crippen molar-refractivity contribution in [3.8, 4) is 11.5 Å². The van der Waals surface area contributed by atoms with Gasteiger partial charge < -0.3 is 13.9 Å². The first-order valence-corrected chi connectivity index (χ1v) is 10.6. The number of benzene rings is 3. The number of hydrazine groups is 1. The van der Waals surface area contributed by atoms with Gasteiger partial charge >= 0.3 is 5.63 Å². The van der Waals surface area contributed by atoms with Crippen molar-refractivity contribution < 1.29 is 23.5 Å². The number of rotatable bonds is 7. The molecule has 0 spiro atoms. The third-order valence-electron chi connectivity index (χ3n) is 4.94. The zero-order valence-corrected chi connectivity index (χ0v) is 18.3. The van der Waals surface area contributed by atoms with Crippen LogP contribution >= 0.6 is 0 Å². The van der Waals surface area contributed by atoms with E-state index in [1.807, 2.05) is 30.3 Å². The number of ether oxygens (including phenoxy) is 2. The monoisotopic (exact) mass is 458 g/mol. The molecule has 172 valence electrons. The molecular weight excluding hydrogens is 436 g/mol. The Kier molecular flexibility index (Phi) is 6.88. The molecule has 0 unspecified atom stereocenters. The van der Waals surface area contributed by atoms with Gasteiger partial charge in [0, 0.05) is 5.39 Å². The van der Waals surface area contributed by atoms with Gasteiger partial charge in [0.2, 0.25) is 0 Å². The van der Waals surface area contributed by atoms with E-state index in [4.69, 9.17) is 13.9 Å². The maximum atomic E-state index is 12.4. The van der Waals surface area contributed by atoms with Crippen LogP contribution in [0.1, 0.15) is 22.8 Å². The molecule has 0 saturated heterocycles. The fraction of sp³-hybridized carbons (Fsp3) is 0.115. The summed E-state index contributed by atoms with van der Waals surface area (Å²) in [5.74, 6) is -0.270. The lowest BCUT2D eigenvalue weighted by Gasteiger charge is -2.15. The van der Waals surface area contributed by atoms with Crippen molar-refractivity contribution in [1.82, 2.24) is 10.9 Å². The lowest BCUT2D eigenvalue weighted by molar-refractivity contribution is -0.128. The van der Waals surface area contributed by atoms with E-state index in [9.17, 15) is 14.4 Å². The Morgan fingerprint density at radius 3 is 2.32 bits per heavy atom. The number of fused-ring (bicyclic) bond motifs is 1. The van der Waals surface area contributed by atoms with Crippen molar-refractivity contribution in [2.24, 2.45) is 0 Å². The highest BCUT2D eigenvalue weighted by molar-refractivity contribution is 5.97.